The first kappa shape index (κ1) is 12.7. The van der Waals surface area contributed by atoms with Gasteiger partial charge in [-0.2, -0.15) is 0 Å². The Balaban J connectivity index is 2.16. The summed E-state index contributed by atoms with van der Waals surface area (Å²) < 4.78 is 2.35. The Kier molecular flexibility index (Phi) is 3.11. The van der Waals surface area contributed by atoms with Gasteiger partial charge in [-0.1, -0.05) is 0 Å². The molecule has 19 heavy (non-hydrogen) atoms. The van der Waals surface area contributed by atoms with E-state index in [1.54, 1.807) is 0 Å². The molecule has 2 N–H and O–H groups in total. The van der Waals surface area contributed by atoms with Crippen LogP contribution in [0.1, 0.15) is 30.5 Å². The zero-order valence-electron chi connectivity index (χ0n) is 12.1. The molecule has 1 aromatic heterocycles. The van der Waals surface area contributed by atoms with E-state index in [9.17, 15) is 0 Å². The highest BCUT2D eigenvalue weighted by atomic mass is 15.1. The molecule has 1 unspecified atom stereocenters. The molecule has 1 aliphatic heterocycles. The Hall–Kier alpha value is -1.32. The number of nitrogens with two attached hydrogens (primary N) is 1. The van der Waals surface area contributed by atoms with Crippen LogP contribution >= 0.6 is 0 Å². The Morgan fingerprint density at radius 2 is 1.95 bits per heavy atom. The zero-order chi connectivity index (χ0) is 13.6. The molecule has 0 amide bonds. The fraction of sp³-hybridized carbons (Fsp3) is 0.500. The van der Waals surface area contributed by atoms with Gasteiger partial charge in [0.15, 0.2) is 0 Å². The average molecular weight is 257 g/mol. The van der Waals surface area contributed by atoms with Gasteiger partial charge in [0.05, 0.1) is 0 Å². The lowest BCUT2D eigenvalue weighted by molar-refractivity contribution is 0.353. The van der Waals surface area contributed by atoms with Crippen molar-refractivity contribution in [2.75, 3.05) is 7.05 Å². The summed E-state index contributed by atoms with van der Waals surface area (Å²) in [5.41, 5.74) is 11.7. The highest BCUT2D eigenvalue weighted by Gasteiger charge is 2.19. The predicted octanol–water partition coefficient (Wildman–Crippen LogP) is 2.50. The maximum Gasteiger partial charge on any atom is 0.0486 e. The van der Waals surface area contributed by atoms with Gasteiger partial charge in [-0.3, -0.25) is 4.90 Å². The highest BCUT2D eigenvalue weighted by molar-refractivity contribution is 5.86. The van der Waals surface area contributed by atoms with Gasteiger partial charge in [0.2, 0.25) is 0 Å². The molecule has 2 heterocycles. The largest absolute Gasteiger partial charge is 0.347 e. The second-order valence-electron chi connectivity index (χ2n) is 5.93. The molecule has 0 fully saturated rings. The third-order valence-corrected chi connectivity index (χ3v) is 4.05. The summed E-state index contributed by atoms with van der Waals surface area (Å²) in [5, 5.41) is 1.40. The van der Waals surface area contributed by atoms with Crippen molar-refractivity contribution in [1.29, 1.82) is 0 Å². The third kappa shape index (κ3) is 2.17. The van der Waals surface area contributed by atoms with Crippen LogP contribution in [0.4, 0.5) is 0 Å². The van der Waals surface area contributed by atoms with Crippen LogP contribution in [0, 0.1) is 0 Å². The first-order valence-corrected chi connectivity index (χ1v) is 7.16. The van der Waals surface area contributed by atoms with Gasteiger partial charge in [0.1, 0.15) is 0 Å². The molecule has 0 radical (unpaired) electrons. The van der Waals surface area contributed by atoms with E-state index >= 15 is 0 Å². The van der Waals surface area contributed by atoms with E-state index in [4.69, 9.17) is 5.73 Å². The van der Waals surface area contributed by atoms with E-state index in [0.717, 1.165) is 26.1 Å². The number of hydrogen-bond acceptors (Lipinski definition) is 2. The number of benzene rings is 1. The summed E-state index contributed by atoms with van der Waals surface area (Å²) in [6.07, 6.45) is 3.24. The van der Waals surface area contributed by atoms with Crippen LogP contribution < -0.4 is 5.73 Å². The molecule has 0 aliphatic carbocycles. The maximum absolute atomic E-state index is 5.98. The van der Waals surface area contributed by atoms with Gasteiger partial charge in [-0.05, 0) is 56.1 Å². The Morgan fingerprint density at radius 1 is 1.26 bits per heavy atom. The quantitative estimate of drug-likeness (QED) is 0.916. The molecular formula is C16H23N3. The molecule has 0 spiro atoms. The molecule has 1 aliphatic rings. The summed E-state index contributed by atoms with van der Waals surface area (Å²) in [5.74, 6) is 0. The minimum atomic E-state index is 0.215. The molecule has 3 heteroatoms. The van der Waals surface area contributed by atoms with Gasteiger partial charge in [-0.15, -0.1) is 0 Å². The van der Waals surface area contributed by atoms with Gasteiger partial charge < -0.3 is 10.3 Å². The normalized spacial score (nSPS) is 17.1. The first-order valence-electron chi connectivity index (χ1n) is 7.16. The lowest BCUT2D eigenvalue weighted by Crippen LogP contribution is -2.17. The zero-order valence-corrected chi connectivity index (χ0v) is 12.1. The Bertz CT molecular complexity index is 610. The van der Waals surface area contributed by atoms with E-state index < -0.39 is 0 Å². The number of aromatic nitrogens is 1. The van der Waals surface area contributed by atoms with Crippen LogP contribution in [0.25, 0.3) is 10.9 Å². The lowest BCUT2D eigenvalue weighted by atomic mass is 10.0. The van der Waals surface area contributed by atoms with Crippen molar-refractivity contribution in [2.24, 2.45) is 5.73 Å². The summed E-state index contributed by atoms with van der Waals surface area (Å²) >= 11 is 0. The monoisotopic (exact) mass is 257 g/mol. The third-order valence-electron chi connectivity index (χ3n) is 4.05. The van der Waals surface area contributed by atoms with Gasteiger partial charge in [0, 0.05) is 42.8 Å². The van der Waals surface area contributed by atoms with Crippen molar-refractivity contribution in [3.63, 3.8) is 0 Å². The van der Waals surface area contributed by atoms with Crippen molar-refractivity contribution in [1.82, 2.24) is 9.47 Å². The molecule has 1 atom stereocenters. The van der Waals surface area contributed by atoms with Crippen LogP contribution in [0.15, 0.2) is 18.3 Å². The number of hydrogen-bond donors (Lipinski definition) is 1. The van der Waals surface area contributed by atoms with Gasteiger partial charge >= 0.3 is 0 Å². The maximum atomic E-state index is 5.98. The van der Waals surface area contributed by atoms with Crippen LogP contribution in [-0.2, 0) is 26.1 Å². The smallest absolute Gasteiger partial charge is 0.0486 e. The molecule has 3 rings (SSSR count). The summed E-state index contributed by atoms with van der Waals surface area (Å²) in [6.45, 7) is 7.44. The number of fused-ring (bicyclic) bond motifs is 2. The van der Waals surface area contributed by atoms with Crippen molar-refractivity contribution in [2.45, 2.75) is 45.9 Å². The number of rotatable bonds is 3. The van der Waals surface area contributed by atoms with Crippen LogP contribution in [-0.4, -0.2) is 22.6 Å². The average Bonchev–Trinajstić information content (AvgIpc) is 2.85. The molecule has 3 nitrogen and oxygen atoms in total. The van der Waals surface area contributed by atoms with Crippen molar-refractivity contribution >= 4 is 10.9 Å². The van der Waals surface area contributed by atoms with Gasteiger partial charge in [0.25, 0.3) is 0 Å². The Labute approximate surface area is 115 Å². The van der Waals surface area contributed by atoms with E-state index in [0.29, 0.717) is 0 Å². The predicted molar refractivity (Wildman–Crippen MR) is 80.1 cm³/mol. The first-order chi connectivity index (χ1) is 9.08. The fourth-order valence-corrected chi connectivity index (χ4v) is 3.20. The minimum absolute atomic E-state index is 0.215. The molecule has 0 saturated carbocycles. The van der Waals surface area contributed by atoms with Gasteiger partial charge in [-0.25, -0.2) is 0 Å². The van der Waals surface area contributed by atoms with Crippen LogP contribution in [0.5, 0.6) is 0 Å². The van der Waals surface area contributed by atoms with Crippen molar-refractivity contribution in [3.05, 3.63) is 35.0 Å². The van der Waals surface area contributed by atoms with Crippen molar-refractivity contribution in [3.8, 4) is 0 Å². The molecular weight excluding hydrogens is 234 g/mol. The molecule has 0 bridgehead atoms. The second-order valence-corrected chi connectivity index (χ2v) is 5.93. The van der Waals surface area contributed by atoms with Crippen molar-refractivity contribution < 1.29 is 0 Å². The minimum Gasteiger partial charge on any atom is -0.347 e. The standard InChI is InChI=1S/C16H23N3/c1-4-19-10-14(5-11(2)17)15-6-12-8-18(3)9-13(12)7-16(15)19/h6-7,10-11H,4-5,8-9,17H2,1-3H3. The van der Waals surface area contributed by atoms with E-state index in [1.165, 1.54) is 27.6 Å². The summed E-state index contributed by atoms with van der Waals surface area (Å²) in [6, 6.07) is 4.98. The van der Waals surface area contributed by atoms with Crippen LogP contribution in [0.3, 0.4) is 0 Å². The summed E-state index contributed by atoms with van der Waals surface area (Å²) in [4.78, 5) is 2.37. The Morgan fingerprint density at radius 3 is 2.58 bits per heavy atom. The second kappa shape index (κ2) is 4.66. The van der Waals surface area contributed by atoms with E-state index in [1.807, 2.05) is 0 Å². The SMILES string of the molecule is CCn1cc(CC(C)N)c2cc3c(cc21)CN(C)C3. The summed E-state index contributed by atoms with van der Waals surface area (Å²) in [7, 11) is 2.18. The van der Waals surface area contributed by atoms with Crippen LogP contribution in [0.2, 0.25) is 0 Å². The lowest BCUT2D eigenvalue weighted by Gasteiger charge is -2.05. The fourth-order valence-electron chi connectivity index (χ4n) is 3.20. The molecule has 2 aromatic rings. The van der Waals surface area contributed by atoms with E-state index in [-0.39, 0.29) is 6.04 Å². The number of aryl methyl sites for hydroxylation is 1. The van der Waals surface area contributed by atoms with E-state index in [2.05, 4.69) is 48.7 Å². The molecule has 1 aromatic carbocycles. The number of nitrogens with zero attached hydrogens (tertiary/aromatic N) is 2. The topological polar surface area (TPSA) is 34.2 Å². The molecule has 0 saturated heterocycles. The molecule has 102 valence electrons. The highest BCUT2D eigenvalue weighted by Crippen LogP contribution is 2.30.